The Hall–Kier alpha value is -5.15. The fourth-order valence-corrected chi connectivity index (χ4v) is 6.55. The number of anilines is 3. The SMILES string of the molecule is [2H]C1(NC(=O)OC)CCC(n2c(=O)n(C([2H])([2H])[2H])c3cnc(Nc4ccc5c(N6CCN(C)C6=O)nn(C6(C(N)=O)CC6C)c5n4)cc32)C1. The number of aryl methyl sites for hydroxylation is 1. The van der Waals surface area contributed by atoms with Crippen molar-refractivity contribution in [3.8, 4) is 0 Å². The van der Waals surface area contributed by atoms with Crippen molar-refractivity contribution in [1.29, 1.82) is 0 Å². The van der Waals surface area contributed by atoms with Crippen LogP contribution in [0.15, 0.2) is 29.2 Å². The molecule has 45 heavy (non-hydrogen) atoms. The molecule has 4 aromatic heterocycles. The molecule has 0 radical (unpaired) electrons. The van der Waals surface area contributed by atoms with E-state index in [1.54, 1.807) is 24.1 Å². The molecule has 0 bridgehead atoms. The Bertz CT molecular complexity index is 2110. The highest BCUT2D eigenvalue weighted by atomic mass is 16.5. The summed E-state index contributed by atoms with van der Waals surface area (Å²) in [6.07, 6.45) is 1.52. The molecule has 4 unspecified atom stereocenters. The van der Waals surface area contributed by atoms with E-state index in [-0.39, 0.29) is 41.6 Å². The Morgan fingerprint density at radius 2 is 2.00 bits per heavy atom. The molecule has 16 heteroatoms. The third-order valence-electron chi connectivity index (χ3n) is 9.17. The van der Waals surface area contributed by atoms with Crippen LogP contribution in [0, 0.1) is 5.92 Å². The molecule has 4 N–H and O–H groups in total. The third kappa shape index (κ3) is 4.37. The lowest BCUT2D eigenvalue weighted by atomic mass is 10.2. The van der Waals surface area contributed by atoms with Crippen LogP contribution in [-0.2, 0) is 22.0 Å². The number of primary amides is 1. The van der Waals surface area contributed by atoms with Crippen LogP contribution >= 0.6 is 0 Å². The number of carbonyl (C=O) groups excluding carboxylic acids is 3. The van der Waals surface area contributed by atoms with E-state index in [9.17, 15) is 19.2 Å². The van der Waals surface area contributed by atoms with Crippen LogP contribution in [0.5, 0.6) is 0 Å². The zero-order chi connectivity index (χ0) is 35.2. The number of methoxy groups -OCH3 is 1. The van der Waals surface area contributed by atoms with Gasteiger partial charge in [0.25, 0.3) is 0 Å². The van der Waals surface area contributed by atoms with Crippen LogP contribution in [0.2, 0.25) is 0 Å². The first-order valence-corrected chi connectivity index (χ1v) is 14.6. The quantitative estimate of drug-likeness (QED) is 0.276. The monoisotopic (exact) mass is 621 g/mol. The summed E-state index contributed by atoms with van der Waals surface area (Å²) in [5, 5.41) is 10.9. The normalized spacial score (nSPS) is 27.8. The highest BCUT2D eigenvalue weighted by Gasteiger charge is 2.60. The first-order valence-electron chi connectivity index (χ1n) is 16.6. The van der Waals surface area contributed by atoms with Gasteiger partial charge >= 0.3 is 17.8 Å². The van der Waals surface area contributed by atoms with Gasteiger partial charge in [0.1, 0.15) is 17.2 Å². The minimum absolute atomic E-state index is 0.0348. The number of rotatable bonds is 7. The minimum Gasteiger partial charge on any atom is -0.453 e. The number of imidazole rings is 1. The molecule has 0 spiro atoms. The van der Waals surface area contributed by atoms with Crippen molar-refractivity contribution < 1.29 is 24.6 Å². The lowest BCUT2D eigenvalue weighted by Crippen LogP contribution is -2.37. The van der Waals surface area contributed by atoms with Gasteiger partial charge in [-0.2, -0.15) is 5.10 Å². The molecular formula is C29H35N11O5. The van der Waals surface area contributed by atoms with Gasteiger partial charge in [-0.05, 0) is 43.7 Å². The maximum atomic E-state index is 13.7. The molecule has 0 aromatic carbocycles. The van der Waals surface area contributed by atoms with Gasteiger partial charge in [0.15, 0.2) is 11.5 Å². The van der Waals surface area contributed by atoms with Crippen LogP contribution < -0.4 is 27.0 Å². The van der Waals surface area contributed by atoms with E-state index in [2.05, 4.69) is 20.4 Å². The average Bonchev–Trinajstić information content (AvgIpc) is 3.34. The molecule has 4 aromatic rings. The minimum atomic E-state index is -2.82. The van der Waals surface area contributed by atoms with Gasteiger partial charge in [-0.25, -0.2) is 29.0 Å². The maximum absolute atomic E-state index is 13.7. The van der Waals surface area contributed by atoms with E-state index in [0.29, 0.717) is 53.2 Å². The van der Waals surface area contributed by atoms with E-state index in [1.807, 2.05) is 6.92 Å². The maximum Gasteiger partial charge on any atom is 0.407 e. The van der Waals surface area contributed by atoms with E-state index in [0.717, 1.165) is 0 Å². The topological polar surface area (TPSA) is 188 Å². The number of urea groups is 1. The molecule has 236 valence electrons. The van der Waals surface area contributed by atoms with Gasteiger partial charge in [0.2, 0.25) is 5.91 Å². The molecule has 16 nitrogen and oxygen atoms in total. The number of alkyl carbamates (subject to hydrolysis) is 1. The average molecular weight is 622 g/mol. The first-order chi connectivity index (χ1) is 23.1. The molecule has 1 aliphatic heterocycles. The Balaban J connectivity index is 1.30. The van der Waals surface area contributed by atoms with Gasteiger partial charge in [-0.15, -0.1) is 0 Å². The van der Waals surface area contributed by atoms with Gasteiger partial charge in [0.05, 0.1) is 31.1 Å². The summed E-state index contributed by atoms with van der Waals surface area (Å²) >= 11 is 0. The predicted molar refractivity (Wildman–Crippen MR) is 164 cm³/mol. The van der Waals surface area contributed by atoms with Crippen LogP contribution in [0.4, 0.5) is 27.0 Å². The lowest BCUT2D eigenvalue weighted by Gasteiger charge is -2.15. The molecular weight excluding hydrogens is 582 g/mol. The molecule has 5 heterocycles. The summed E-state index contributed by atoms with van der Waals surface area (Å²) in [5.41, 5.74) is 4.62. The number of nitrogens with two attached hydrogens (primary N) is 1. The van der Waals surface area contributed by atoms with Crippen molar-refractivity contribution in [2.75, 3.05) is 37.5 Å². The van der Waals surface area contributed by atoms with Crippen molar-refractivity contribution in [2.24, 2.45) is 18.6 Å². The highest BCUT2D eigenvalue weighted by molar-refractivity contribution is 6.02. The van der Waals surface area contributed by atoms with Crippen molar-refractivity contribution in [1.82, 2.24) is 39.1 Å². The van der Waals surface area contributed by atoms with Crippen LogP contribution in [-0.4, -0.2) is 85.1 Å². The number of fused-ring (bicyclic) bond motifs is 2. The van der Waals surface area contributed by atoms with Gasteiger partial charge in [-0.1, -0.05) is 6.92 Å². The zero-order valence-electron chi connectivity index (χ0n) is 28.9. The molecule has 4 atom stereocenters. The Kier molecular flexibility index (Phi) is 5.49. The van der Waals surface area contributed by atoms with E-state index < -0.39 is 42.3 Å². The summed E-state index contributed by atoms with van der Waals surface area (Å²) in [6.45, 7) is -0.0167. The first kappa shape index (κ1) is 24.2. The van der Waals surface area contributed by atoms with Crippen LogP contribution in [0.1, 0.15) is 44.1 Å². The lowest BCUT2D eigenvalue weighted by molar-refractivity contribution is -0.123. The third-order valence-corrected chi connectivity index (χ3v) is 9.17. The number of likely N-dealkylation sites (N-methyl/N-ethyl adjacent to an activating group) is 1. The summed E-state index contributed by atoms with van der Waals surface area (Å²) in [6, 6.07) is 2.66. The summed E-state index contributed by atoms with van der Waals surface area (Å²) in [5.74, 6) is 0.213. The van der Waals surface area contributed by atoms with Crippen molar-refractivity contribution >= 4 is 57.6 Å². The van der Waals surface area contributed by atoms with Gasteiger partial charge in [-0.3, -0.25) is 18.8 Å². The van der Waals surface area contributed by atoms with E-state index >= 15 is 0 Å². The molecule has 3 aliphatic rings. The Morgan fingerprint density at radius 1 is 1.20 bits per heavy atom. The van der Waals surface area contributed by atoms with E-state index in [4.69, 9.17) is 21.3 Å². The van der Waals surface area contributed by atoms with Crippen molar-refractivity contribution in [3.05, 3.63) is 34.9 Å². The fourth-order valence-electron chi connectivity index (χ4n) is 6.55. The number of hydrogen-bond donors (Lipinski definition) is 3. The predicted octanol–water partition coefficient (Wildman–Crippen LogP) is 1.77. The molecule has 7 rings (SSSR count). The number of amides is 4. The number of pyridine rings is 2. The summed E-state index contributed by atoms with van der Waals surface area (Å²) in [4.78, 5) is 63.5. The van der Waals surface area contributed by atoms with Gasteiger partial charge in [0, 0.05) is 49.4 Å². The Morgan fingerprint density at radius 3 is 2.67 bits per heavy atom. The molecule has 2 aliphatic carbocycles. The van der Waals surface area contributed by atoms with Crippen molar-refractivity contribution in [2.45, 2.75) is 50.2 Å². The van der Waals surface area contributed by atoms with E-state index in [1.165, 1.54) is 33.5 Å². The molecule has 3 fully saturated rings. The highest BCUT2D eigenvalue weighted by Crippen LogP contribution is 2.51. The van der Waals surface area contributed by atoms with Crippen LogP contribution in [0.3, 0.4) is 0 Å². The molecule has 4 amide bonds. The Labute approximate surface area is 262 Å². The molecule has 1 saturated heterocycles. The number of nitrogens with one attached hydrogen (secondary N) is 2. The number of hydrogen-bond acceptors (Lipinski definition) is 9. The standard InChI is InChI=1S/C29H35N11O5/c1-15-13-29(15,25(30)41)40-23-18(24(35-40)38-10-9-36(2)27(38)43)7-8-21(34-23)33-22-12-19-20(14-31-22)37(3)28(44)39(19)17-6-5-16(11-17)32-26(42)45-4/h7-8,12,14-17H,5-6,9-11,13H2,1-4H3,(H2,30,41)(H,32,42)(H,31,33,34)/i3D3,16D. The van der Waals surface area contributed by atoms with Crippen LogP contribution in [0.25, 0.3) is 22.1 Å². The summed E-state index contributed by atoms with van der Waals surface area (Å²) < 4.78 is 41.0. The second-order valence-corrected chi connectivity index (χ2v) is 11.8. The molecule has 2 saturated carbocycles. The number of aromatic nitrogens is 6. The number of carbonyl (C=O) groups is 3. The number of ether oxygens (including phenoxy) is 1. The second-order valence-electron chi connectivity index (χ2n) is 11.8. The zero-order valence-corrected chi connectivity index (χ0v) is 24.9. The largest absolute Gasteiger partial charge is 0.453 e. The smallest absolute Gasteiger partial charge is 0.407 e. The number of nitrogens with zero attached hydrogens (tertiary/aromatic N) is 8. The summed E-state index contributed by atoms with van der Waals surface area (Å²) in [7, 11) is 2.89. The van der Waals surface area contributed by atoms with Gasteiger partial charge < -0.3 is 26.0 Å². The van der Waals surface area contributed by atoms with Crippen molar-refractivity contribution in [3.63, 3.8) is 0 Å². The fraction of sp³-hybridized carbons (Fsp3) is 0.483. The second kappa shape index (κ2) is 10.2.